The fraction of sp³-hybridized carbons (Fsp3) is 0.458. The Morgan fingerprint density at radius 3 is 2.42 bits per heavy atom. The smallest absolute Gasteiger partial charge is 0.203 e. The average molecular weight is 428 g/mol. The van der Waals surface area contributed by atoms with E-state index in [1.807, 2.05) is 39.3 Å². The normalized spacial score (nSPS) is 15.0. The summed E-state index contributed by atoms with van der Waals surface area (Å²) in [5, 5.41) is 6.66. The first-order chi connectivity index (χ1) is 14.9. The number of anilines is 1. The maximum absolute atomic E-state index is 13.1. The van der Waals surface area contributed by atoms with Crippen molar-refractivity contribution in [3.63, 3.8) is 0 Å². The molecule has 0 heterocycles. The van der Waals surface area contributed by atoms with E-state index in [9.17, 15) is 4.79 Å². The number of fused-ring (bicyclic) bond motifs is 3. The Kier molecular flexibility index (Phi) is 7.41. The van der Waals surface area contributed by atoms with Gasteiger partial charge in [0.25, 0.3) is 0 Å². The van der Waals surface area contributed by atoms with E-state index in [0.29, 0.717) is 29.5 Å². The molecule has 1 atom stereocenters. The highest BCUT2D eigenvalue weighted by atomic mass is 16.5. The first kappa shape index (κ1) is 22.9. The molecule has 0 saturated carbocycles. The topological polar surface area (TPSA) is 72.1 Å². The van der Waals surface area contributed by atoms with Crippen LogP contribution in [0.1, 0.15) is 23.6 Å². The Bertz CT molecular complexity index is 991. The van der Waals surface area contributed by atoms with E-state index in [4.69, 9.17) is 14.2 Å². The fourth-order valence-electron chi connectivity index (χ4n) is 4.17. The van der Waals surface area contributed by atoms with Gasteiger partial charge in [-0.05, 0) is 68.9 Å². The van der Waals surface area contributed by atoms with Gasteiger partial charge in [0.1, 0.15) is 0 Å². The van der Waals surface area contributed by atoms with Crippen molar-refractivity contribution in [2.75, 3.05) is 60.9 Å². The highest BCUT2D eigenvalue weighted by molar-refractivity contribution is 5.83. The lowest BCUT2D eigenvalue weighted by atomic mass is 9.95. The lowest BCUT2D eigenvalue weighted by Crippen LogP contribution is -2.22. The molecule has 2 aromatic carbocycles. The highest BCUT2D eigenvalue weighted by Gasteiger charge is 2.28. The van der Waals surface area contributed by atoms with Gasteiger partial charge >= 0.3 is 0 Å². The fourth-order valence-corrected chi connectivity index (χ4v) is 4.17. The van der Waals surface area contributed by atoms with Crippen molar-refractivity contribution < 1.29 is 14.2 Å². The third-order valence-corrected chi connectivity index (χ3v) is 5.76. The zero-order valence-electron chi connectivity index (χ0n) is 19.3. The van der Waals surface area contributed by atoms with Gasteiger partial charge in [-0.25, -0.2) is 0 Å². The number of nitrogens with zero attached hydrogens (tertiary/aromatic N) is 1. The van der Waals surface area contributed by atoms with E-state index < -0.39 is 0 Å². The minimum absolute atomic E-state index is 0.0249. The summed E-state index contributed by atoms with van der Waals surface area (Å²) < 4.78 is 17.0. The molecule has 0 amide bonds. The van der Waals surface area contributed by atoms with Crippen LogP contribution >= 0.6 is 0 Å². The Labute approximate surface area is 184 Å². The number of methoxy groups -OCH3 is 3. The Morgan fingerprint density at radius 1 is 1.06 bits per heavy atom. The summed E-state index contributed by atoms with van der Waals surface area (Å²) in [5.74, 6) is 1.81. The minimum atomic E-state index is -0.0249. The van der Waals surface area contributed by atoms with E-state index in [2.05, 4.69) is 15.5 Å². The van der Waals surface area contributed by atoms with Gasteiger partial charge < -0.3 is 29.7 Å². The van der Waals surface area contributed by atoms with Gasteiger partial charge in [-0.15, -0.1) is 0 Å². The molecule has 0 bridgehead atoms. The molecule has 0 aliphatic heterocycles. The number of hydrogen-bond donors (Lipinski definition) is 2. The number of aryl methyl sites for hydroxylation is 1. The Hall–Kier alpha value is -2.77. The molecule has 7 nitrogen and oxygen atoms in total. The van der Waals surface area contributed by atoms with Gasteiger partial charge in [0.05, 0.1) is 27.0 Å². The molecule has 2 aromatic rings. The second-order valence-corrected chi connectivity index (χ2v) is 7.91. The van der Waals surface area contributed by atoms with Gasteiger partial charge in [0, 0.05) is 24.7 Å². The van der Waals surface area contributed by atoms with Gasteiger partial charge in [-0.2, -0.15) is 0 Å². The van der Waals surface area contributed by atoms with Gasteiger partial charge in [-0.1, -0.05) is 6.07 Å². The van der Waals surface area contributed by atoms with Crippen LogP contribution in [0.15, 0.2) is 29.1 Å². The molecule has 0 spiro atoms. The quantitative estimate of drug-likeness (QED) is 0.671. The van der Waals surface area contributed by atoms with E-state index >= 15 is 0 Å². The Morgan fingerprint density at radius 2 is 1.81 bits per heavy atom. The maximum Gasteiger partial charge on any atom is 0.203 e. The SMILES string of the molecule is CN[C@@H]1CCc2cc(OC)c(OC)c(OC)c2-c2ccc(NCCN(C)C)c(=O)cc21. The summed E-state index contributed by atoms with van der Waals surface area (Å²) in [6.45, 7) is 1.53. The van der Waals surface area contributed by atoms with Crippen molar-refractivity contribution in [1.82, 2.24) is 10.2 Å². The summed E-state index contributed by atoms with van der Waals surface area (Å²) in [5.41, 5.74) is 4.53. The van der Waals surface area contributed by atoms with Gasteiger partial charge in [0.2, 0.25) is 11.2 Å². The first-order valence-electron chi connectivity index (χ1n) is 10.5. The largest absolute Gasteiger partial charge is 0.493 e. The number of likely N-dealkylation sites (N-methyl/N-ethyl adjacent to an activating group) is 1. The molecule has 1 aliphatic carbocycles. The third-order valence-electron chi connectivity index (χ3n) is 5.76. The number of rotatable bonds is 8. The molecule has 0 fully saturated rings. The average Bonchev–Trinajstić information content (AvgIpc) is 3.00. The number of nitrogens with one attached hydrogen (secondary N) is 2. The van der Waals surface area contributed by atoms with Crippen LogP contribution in [0, 0.1) is 0 Å². The molecule has 3 rings (SSSR count). The molecule has 2 N–H and O–H groups in total. The standard InChI is InChI=1S/C24H33N3O4/c1-25-18-9-7-15-13-21(29-4)23(30-5)24(31-6)22(15)16-8-10-19(20(28)14-17(16)18)26-11-12-27(2)3/h8,10,13-14,18,25H,7,9,11-12H2,1-6H3,(H,26,28)/t18-/m1/s1. The van der Waals surface area contributed by atoms with Crippen molar-refractivity contribution in [3.8, 4) is 28.4 Å². The molecule has 0 radical (unpaired) electrons. The maximum atomic E-state index is 13.1. The van der Waals surface area contributed by atoms with Crippen molar-refractivity contribution in [1.29, 1.82) is 0 Å². The molecule has 31 heavy (non-hydrogen) atoms. The van der Waals surface area contributed by atoms with Crippen LogP contribution in [0.3, 0.4) is 0 Å². The van der Waals surface area contributed by atoms with Crippen LogP contribution in [0.4, 0.5) is 5.69 Å². The van der Waals surface area contributed by atoms with Crippen LogP contribution in [0.5, 0.6) is 17.2 Å². The molecule has 1 aliphatic rings. The highest BCUT2D eigenvalue weighted by Crippen LogP contribution is 2.50. The predicted octanol–water partition coefficient (Wildman–Crippen LogP) is 2.92. The van der Waals surface area contributed by atoms with Crippen molar-refractivity contribution in [3.05, 3.63) is 45.6 Å². The molecule has 7 heteroatoms. The van der Waals surface area contributed by atoms with Crippen LogP contribution in [-0.4, -0.2) is 60.5 Å². The van der Waals surface area contributed by atoms with E-state index in [1.54, 1.807) is 27.4 Å². The third kappa shape index (κ3) is 4.62. The van der Waals surface area contributed by atoms with Crippen LogP contribution in [0.25, 0.3) is 11.1 Å². The lowest BCUT2D eigenvalue weighted by molar-refractivity contribution is 0.324. The Balaban J connectivity index is 2.25. The second-order valence-electron chi connectivity index (χ2n) is 7.91. The van der Waals surface area contributed by atoms with Gasteiger partial charge in [-0.3, -0.25) is 4.79 Å². The summed E-state index contributed by atoms with van der Waals surface area (Å²) in [6.07, 6.45) is 1.67. The molecular weight excluding hydrogens is 394 g/mol. The van der Waals surface area contributed by atoms with Crippen LogP contribution in [0.2, 0.25) is 0 Å². The molecule has 168 valence electrons. The van der Waals surface area contributed by atoms with Crippen LogP contribution < -0.4 is 30.3 Å². The molecular formula is C24H33N3O4. The van der Waals surface area contributed by atoms with Crippen LogP contribution in [-0.2, 0) is 6.42 Å². The molecule has 0 unspecified atom stereocenters. The van der Waals surface area contributed by atoms with Crippen molar-refractivity contribution in [2.45, 2.75) is 18.9 Å². The molecule has 0 aromatic heterocycles. The first-order valence-corrected chi connectivity index (χ1v) is 10.5. The predicted molar refractivity (Wildman–Crippen MR) is 125 cm³/mol. The number of hydrogen-bond acceptors (Lipinski definition) is 7. The summed E-state index contributed by atoms with van der Waals surface area (Å²) in [6, 6.07) is 7.69. The second kappa shape index (κ2) is 10.0. The summed E-state index contributed by atoms with van der Waals surface area (Å²) >= 11 is 0. The van der Waals surface area contributed by atoms with Crippen molar-refractivity contribution >= 4 is 5.69 Å². The van der Waals surface area contributed by atoms with E-state index in [-0.39, 0.29) is 11.5 Å². The zero-order chi connectivity index (χ0) is 22.5. The zero-order valence-corrected chi connectivity index (χ0v) is 19.3. The number of benzene rings is 1. The lowest BCUT2D eigenvalue weighted by Gasteiger charge is -2.19. The van der Waals surface area contributed by atoms with Gasteiger partial charge in [0.15, 0.2) is 11.5 Å². The monoisotopic (exact) mass is 427 g/mol. The minimum Gasteiger partial charge on any atom is -0.493 e. The van der Waals surface area contributed by atoms with E-state index in [1.165, 1.54) is 0 Å². The van der Waals surface area contributed by atoms with E-state index in [0.717, 1.165) is 41.6 Å². The summed E-state index contributed by atoms with van der Waals surface area (Å²) in [4.78, 5) is 15.1. The number of ether oxygens (including phenoxy) is 3. The summed E-state index contributed by atoms with van der Waals surface area (Å²) in [7, 11) is 10.8. The van der Waals surface area contributed by atoms with Crippen molar-refractivity contribution in [2.24, 2.45) is 0 Å². The molecule has 0 saturated heterocycles.